The van der Waals surface area contributed by atoms with Crippen LogP contribution in [0.2, 0.25) is 0 Å². The zero-order valence-corrected chi connectivity index (χ0v) is 11.9. The molecule has 0 aliphatic carbocycles. The molecule has 2 unspecified atom stereocenters. The molecule has 0 spiro atoms. The largest absolute Gasteiger partial charge is 0.373 e. The lowest BCUT2D eigenvalue weighted by atomic mass is 9.95. The van der Waals surface area contributed by atoms with Crippen molar-refractivity contribution >= 4 is 0 Å². The van der Waals surface area contributed by atoms with E-state index in [0.717, 1.165) is 26.1 Å². The molecular formula is C14H25N3O. The predicted molar refractivity (Wildman–Crippen MR) is 72.5 cm³/mol. The standard InChI is InChI=1S/C14H25N3O/c1-10(2)7-15-8-12-5-6-18-14(12)13-9-16-17(4)11(13)3/h9-10,12,14-15H,5-8H2,1-4H3. The van der Waals surface area contributed by atoms with Crippen LogP contribution in [-0.2, 0) is 11.8 Å². The fraction of sp³-hybridized carbons (Fsp3) is 0.786. The van der Waals surface area contributed by atoms with Crippen LogP contribution in [0, 0.1) is 18.8 Å². The molecule has 0 amide bonds. The van der Waals surface area contributed by atoms with Crippen molar-refractivity contribution in [2.75, 3.05) is 19.7 Å². The Balaban J connectivity index is 1.97. The van der Waals surface area contributed by atoms with Gasteiger partial charge in [0.15, 0.2) is 0 Å². The van der Waals surface area contributed by atoms with Gasteiger partial charge >= 0.3 is 0 Å². The first-order valence-corrected chi connectivity index (χ1v) is 6.90. The molecule has 1 aliphatic heterocycles. The first-order valence-electron chi connectivity index (χ1n) is 6.90. The second-order valence-corrected chi connectivity index (χ2v) is 5.70. The van der Waals surface area contributed by atoms with Gasteiger partial charge in [-0.1, -0.05) is 13.8 Å². The average Bonchev–Trinajstić information content (AvgIpc) is 2.88. The van der Waals surface area contributed by atoms with Crippen molar-refractivity contribution in [3.05, 3.63) is 17.5 Å². The number of hydrogen-bond acceptors (Lipinski definition) is 3. The molecule has 18 heavy (non-hydrogen) atoms. The van der Waals surface area contributed by atoms with Crippen molar-refractivity contribution in [2.24, 2.45) is 18.9 Å². The number of aromatic nitrogens is 2. The van der Waals surface area contributed by atoms with Gasteiger partial charge in [-0.3, -0.25) is 4.68 Å². The first-order chi connectivity index (χ1) is 8.59. The maximum atomic E-state index is 5.91. The van der Waals surface area contributed by atoms with Gasteiger partial charge in [-0.15, -0.1) is 0 Å². The number of aryl methyl sites for hydroxylation is 1. The normalized spacial score (nSPS) is 24.1. The fourth-order valence-electron chi connectivity index (χ4n) is 2.54. The van der Waals surface area contributed by atoms with Crippen molar-refractivity contribution in [2.45, 2.75) is 33.3 Å². The van der Waals surface area contributed by atoms with E-state index in [-0.39, 0.29) is 6.10 Å². The minimum absolute atomic E-state index is 0.221. The van der Waals surface area contributed by atoms with Crippen LogP contribution in [0.15, 0.2) is 6.20 Å². The number of rotatable bonds is 5. The summed E-state index contributed by atoms with van der Waals surface area (Å²) in [6.45, 7) is 9.57. The maximum Gasteiger partial charge on any atom is 0.0899 e. The van der Waals surface area contributed by atoms with Crippen LogP contribution in [0.4, 0.5) is 0 Å². The van der Waals surface area contributed by atoms with Crippen molar-refractivity contribution in [3.8, 4) is 0 Å². The van der Waals surface area contributed by atoms with E-state index in [1.165, 1.54) is 11.3 Å². The Morgan fingerprint density at radius 1 is 1.56 bits per heavy atom. The molecule has 1 fully saturated rings. The molecule has 4 nitrogen and oxygen atoms in total. The molecule has 2 heterocycles. The van der Waals surface area contributed by atoms with Crippen molar-refractivity contribution in [3.63, 3.8) is 0 Å². The highest BCUT2D eigenvalue weighted by Gasteiger charge is 2.31. The lowest BCUT2D eigenvalue weighted by molar-refractivity contribution is 0.0898. The Bertz CT molecular complexity index is 386. The third-order valence-corrected chi connectivity index (χ3v) is 3.75. The van der Waals surface area contributed by atoms with Crippen LogP contribution in [0.25, 0.3) is 0 Å². The zero-order valence-electron chi connectivity index (χ0n) is 11.9. The van der Waals surface area contributed by atoms with Crippen LogP contribution < -0.4 is 5.32 Å². The topological polar surface area (TPSA) is 39.1 Å². The first kappa shape index (κ1) is 13.6. The predicted octanol–water partition coefficient (Wildman–Crippen LogP) is 2.05. The van der Waals surface area contributed by atoms with Crippen molar-refractivity contribution < 1.29 is 4.74 Å². The van der Waals surface area contributed by atoms with Gasteiger partial charge < -0.3 is 10.1 Å². The van der Waals surface area contributed by atoms with Crippen molar-refractivity contribution in [1.82, 2.24) is 15.1 Å². The van der Waals surface area contributed by atoms with Gasteiger partial charge in [-0.2, -0.15) is 5.10 Å². The summed E-state index contributed by atoms with van der Waals surface area (Å²) in [4.78, 5) is 0. The van der Waals surface area contributed by atoms with E-state index >= 15 is 0 Å². The molecule has 0 bridgehead atoms. The molecule has 1 saturated heterocycles. The lowest BCUT2D eigenvalue weighted by Gasteiger charge is -2.19. The van der Waals surface area contributed by atoms with E-state index in [9.17, 15) is 0 Å². The van der Waals surface area contributed by atoms with Crippen LogP contribution in [-0.4, -0.2) is 29.5 Å². The molecule has 2 atom stereocenters. The van der Waals surface area contributed by atoms with Gasteiger partial charge in [0.2, 0.25) is 0 Å². The summed E-state index contributed by atoms with van der Waals surface area (Å²) in [6.07, 6.45) is 3.32. The highest BCUT2D eigenvalue weighted by Crippen LogP contribution is 2.35. The minimum atomic E-state index is 0.221. The number of nitrogens with one attached hydrogen (secondary N) is 1. The quantitative estimate of drug-likeness (QED) is 0.870. The fourth-order valence-corrected chi connectivity index (χ4v) is 2.54. The number of hydrogen-bond donors (Lipinski definition) is 1. The second kappa shape index (κ2) is 5.85. The molecule has 1 aliphatic rings. The third kappa shape index (κ3) is 2.93. The summed E-state index contributed by atoms with van der Waals surface area (Å²) in [5.41, 5.74) is 2.47. The second-order valence-electron chi connectivity index (χ2n) is 5.70. The molecule has 102 valence electrons. The van der Waals surface area contributed by atoms with Gasteiger partial charge in [0, 0.05) is 37.4 Å². The van der Waals surface area contributed by atoms with Gasteiger partial charge in [-0.05, 0) is 25.8 Å². The molecule has 4 heteroatoms. The maximum absolute atomic E-state index is 5.91. The van der Waals surface area contributed by atoms with Crippen LogP contribution >= 0.6 is 0 Å². The summed E-state index contributed by atoms with van der Waals surface area (Å²) in [5.74, 6) is 1.28. The van der Waals surface area contributed by atoms with E-state index < -0.39 is 0 Å². The summed E-state index contributed by atoms with van der Waals surface area (Å²) < 4.78 is 7.84. The van der Waals surface area contributed by atoms with Crippen LogP contribution in [0.1, 0.15) is 37.6 Å². The highest BCUT2D eigenvalue weighted by molar-refractivity contribution is 5.20. The van der Waals surface area contributed by atoms with E-state index in [4.69, 9.17) is 4.74 Å². The molecule has 1 aromatic heterocycles. The Morgan fingerprint density at radius 3 is 2.94 bits per heavy atom. The van der Waals surface area contributed by atoms with Gasteiger partial charge in [0.25, 0.3) is 0 Å². The highest BCUT2D eigenvalue weighted by atomic mass is 16.5. The molecular weight excluding hydrogens is 226 g/mol. The van der Waals surface area contributed by atoms with Gasteiger partial charge in [0.05, 0.1) is 12.3 Å². The molecule has 0 aromatic carbocycles. The van der Waals surface area contributed by atoms with E-state index in [1.54, 1.807) is 0 Å². The summed E-state index contributed by atoms with van der Waals surface area (Å²) in [5, 5.41) is 7.87. The zero-order chi connectivity index (χ0) is 13.1. The molecule has 1 N–H and O–H groups in total. The van der Waals surface area contributed by atoms with Crippen LogP contribution in [0.5, 0.6) is 0 Å². The number of ether oxygens (including phenoxy) is 1. The minimum Gasteiger partial charge on any atom is -0.373 e. The average molecular weight is 251 g/mol. The molecule has 2 rings (SSSR count). The third-order valence-electron chi connectivity index (χ3n) is 3.75. The molecule has 0 radical (unpaired) electrons. The Hall–Kier alpha value is -0.870. The van der Waals surface area contributed by atoms with E-state index in [1.807, 2.05) is 17.9 Å². The summed E-state index contributed by atoms with van der Waals surface area (Å²) in [6, 6.07) is 0. The van der Waals surface area contributed by atoms with Crippen molar-refractivity contribution in [1.29, 1.82) is 0 Å². The van der Waals surface area contributed by atoms with Gasteiger partial charge in [0.1, 0.15) is 0 Å². The Kier molecular flexibility index (Phi) is 4.40. The summed E-state index contributed by atoms with van der Waals surface area (Å²) >= 11 is 0. The van der Waals surface area contributed by atoms with Crippen LogP contribution in [0.3, 0.4) is 0 Å². The summed E-state index contributed by atoms with van der Waals surface area (Å²) in [7, 11) is 1.99. The number of nitrogens with zero attached hydrogens (tertiary/aromatic N) is 2. The van der Waals surface area contributed by atoms with Gasteiger partial charge in [-0.25, -0.2) is 0 Å². The lowest BCUT2D eigenvalue weighted by Crippen LogP contribution is -2.28. The molecule has 1 aromatic rings. The Morgan fingerprint density at radius 2 is 2.33 bits per heavy atom. The van der Waals surface area contributed by atoms with E-state index in [0.29, 0.717) is 11.8 Å². The Labute approximate surface area is 110 Å². The monoisotopic (exact) mass is 251 g/mol. The van der Waals surface area contributed by atoms with E-state index in [2.05, 4.69) is 31.2 Å². The molecule has 0 saturated carbocycles. The smallest absolute Gasteiger partial charge is 0.0899 e. The SMILES string of the molecule is Cc1c(C2OCCC2CNCC(C)C)cnn1C.